The summed E-state index contributed by atoms with van der Waals surface area (Å²) in [4.78, 5) is 38.0. The molecule has 0 fully saturated rings. The van der Waals surface area contributed by atoms with Gasteiger partial charge in [0.15, 0.2) is 6.10 Å². The van der Waals surface area contributed by atoms with Crippen molar-refractivity contribution in [1.82, 2.24) is 0 Å². The summed E-state index contributed by atoms with van der Waals surface area (Å²) in [6.45, 7) is 6.49. The van der Waals surface area contributed by atoms with Crippen molar-refractivity contribution >= 4 is 17.9 Å². The van der Waals surface area contributed by atoms with Crippen molar-refractivity contribution in [3.05, 3.63) is 60.8 Å². The average molecular weight is 895 g/mol. The molecular weight excluding hydrogens is 793 g/mol. The summed E-state index contributed by atoms with van der Waals surface area (Å²) >= 11 is 0. The minimum atomic E-state index is -0.797. The SMILES string of the molecule is CC/C=C\C/C=C\C/C=C\C/C=C\CCCCC(=O)OC(COC(=O)CCCCCCC/C=C\CCCCCCC)COC(=O)CCCCCCCCCCCCCCCCCCC. The summed E-state index contributed by atoms with van der Waals surface area (Å²) in [5, 5.41) is 0. The van der Waals surface area contributed by atoms with Gasteiger partial charge >= 0.3 is 17.9 Å². The highest BCUT2D eigenvalue weighted by molar-refractivity contribution is 5.71. The molecule has 0 N–H and O–H groups in total. The first kappa shape index (κ1) is 61.1. The largest absolute Gasteiger partial charge is 0.462 e. The third-order valence-electron chi connectivity index (χ3n) is 11.8. The highest BCUT2D eigenvalue weighted by atomic mass is 16.6. The molecule has 0 amide bonds. The molecule has 0 aromatic carbocycles. The van der Waals surface area contributed by atoms with E-state index >= 15 is 0 Å². The van der Waals surface area contributed by atoms with Crippen molar-refractivity contribution in [3.63, 3.8) is 0 Å². The second kappa shape index (κ2) is 52.7. The Kier molecular flexibility index (Phi) is 50.4. The summed E-state index contributed by atoms with van der Waals surface area (Å²) in [6, 6.07) is 0. The van der Waals surface area contributed by atoms with E-state index in [0.717, 1.165) is 83.5 Å². The van der Waals surface area contributed by atoms with Crippen molar-refractivity contribution in [1.29, 1.82) is 0 Å². The molecule has 0 heterocycles. The highest BCUT2D eigenvalue weighted by Gasteiger charge is 2.19. The Morgan fingerprint density at radius 1 is 0.328 bits per heavy atom. The number of unbranched alkanes of at least 4 members (excludes halogenated alkanes) is 28. The number of carbonyl (C=O) groups excluding carboxylic acids is 3. The Morgan fingerprint density at radius 2 is 0.609 bits per heavy atom. The van der Waals surface area contributed by atoms with Crippen molar-refractivity contribution in [2.24, 2.45) is 0 Å². The molecule has 0 saturated carbocycles. The molecule has 0 aromatic heterocycles. The van der Waals surface area contributed by atoms with Crippen LogP contribution < -0.4 is 0 Å². The van der Waals surface area contributed by atoms with Gasteiger partial charge in [-0.1, -0.05) is 229 Å². The van der Waals surface area contributed by atoms with Crippen LogP contribution in [0, 0.1) is 0 Å². The lowest BCUT2D eigenvalue weighted by Gasteiger charge is -2.18. The summed E-state index contributed by atoms with van der Waals surface area (Å²) in [5.41, 5.74) is 0. The fourth-order valence-electron chi connectivity index (χ4n) is 7.66. The molecular formula is C58H102O6. The summed E-state index contributed by atoms with van der Waals surface area (Å²) < 4.78 is 16.8. The molecule has 0 aliphatic rings. The monoisotopic (exact) mass is 895 g/mol. The molecule has 0 aliphatic carbocycles. The summed E-state index contributed by atoms with van der Waals surface area (Å²) in [7, 11) is 0. The van der Waals surface area contributed by atoms with Crippen LogP contribution in [-0.4, -0.2) is 37.2 Å². The molecule has 0 radical (unpaired) electrons. The number of ether oxygens (including phenoxy) is 3. The predicted octanol–water partition coefficient (Wildman–Crippen LogP) is 18.0. The van der Waals surface area contributed by atoms with Gasteiger partial charge in [-0.05, 0) is 83.5 Å². The molecule has 0 saturated heterocycles. The molecule has 6 heteroatoms. The van der Waals surface area contributed by atoms with E-state index in [9.17, 15) is 14.4 Å². The first-order chi connectivity index (χ1) is 31.5. The Labute approximate surface area is 396 Å². The lowest BCUT2D eigenvalue weighted by atomic mass is 10.0. The van der Waals surface area contributed by atoms with Gasteiger partial charge in [-0.2, -0.15) is 0 Å². The topological polar surface area (TPSA) is 78.9 Å². The van der Waals surface area contributed by atoms with Crippen LogP contribution in [0.2, 0.25) is 0 Å². The number of allylic oxidation sites excluding steroid dienone is 10. The fourth-order valence-corrected chi connectivity index (χ4v) is 7.66. The van der Waals surface area contributed by atoms with E-state index in [-0.39, 0.29) is 37.5 Å². The van der Waals surface area contributed by atoms with E-state index < -0.39 is 6.10 Å². The van der Waals surface area contributed by atoms with Crippen LogP contribution in [0.25, 0.3) is 0 Å². The van der Waals surface area contributed by atoms with Crippen LogP contribution in [-0.2, 0) is 28.6 Å². The van der Waals surface area contributed by atoms with Gasteiger partial charge in [-0.15, -0.1) is 0 Å². The summed E-state index contributed by atoms with van der Waals surface area (Å²) in [5.74, 6) is -0.933. The molecule has 64 heavy (non-hydrogen) atoms. The second-order valence-electron chi connectivity index (χ2n) is 18.1. The Morgan fingerprint density at radius 3 is 1.00 bits per heavy atom. The standard InChI is InChI=1S/C58H102O6/c1-4-7-10-13-16-19-22-25-28-29-31-33-36-39-42-45-48-51-57(60)63-54-55(53-62-56(59)50-47-44-41-38-35-32-27-24-21-18-15-12-9-6-3)64-58(61)52-49-46-43-40-37-34-30-26-23-20-17-14-11-8-5-2/h8,11,17,20,24,26-27,30,37,40,55H,4-7,9-10,12-16,18-19,21-23,25,28-29,31-36,38-39,41-54H2,1-3H3/b11-8-,20-17-,27-24-,30-26-,40-37-. The van der Waals surface area contributed by atoms with Gasteiger partial charge in [0.2, 0.25) is 0 Å². The molecule has 0 rings (SSSR count). The van der Waals surface area contributed by atoms with Crippen molar-refractivity contribution in [2.45, 2.75) is 277 Å². The third kappa shape index (κ3) is 50.1. The van der Waals surface area contributed by atoms with E-state index in [1.54, 1.807) is 0 Å². The summed E-state index contributed by atoms with van der Waals surface area (Å²) in [6.07, 6.45) is 64.9. The quantitative estimate of drug-likeness (QED) is 0.0262. The van der Waals surface area contributed by atoms with Gasteiger partial charge < -0.3 is 14.2 Å². The molecule has 0 aliphatic heterocycles. The van der Waals surface area contributed by atoms with Gasteiger partial charge in [0.1, 0.15) is 13.2 Å². The average Bonchev–Trinajstić information content (AvgIpc) is 3.29. The fraction of sp³-hybridized carbons (Fsp3) is 0.776. The smallest absolute Gasteiger partial charge is 0.306 e. The van der Waals surface area contributed by atoms with E-state index in [0.29, 0.717) is 19.3 Å². The van der Waals surface area contributed by atoms with Crippen molar-refractivity contribution in [2.75, 3.05) is 13.2 Å². The molecule has 370 valence electrons. The van der Waals surface area contributed by atoms with Gasteiger partial charge in [-0.25, -0.2) is 0 Å². The zero-order valence-corrected chi connectivity index (χ0v) is 42.3. The first-order valence-corrected chi connectivity index (χ1v) is 27.3. The first-order valence-electron chi connectivity index (χ1n) is 27.3. The maximum atomic E-state index is 12.8. The minimum Gasteiger partial charge on any atom is -0.462 e. The maximum Gasteiger partial charge on any atom is 0.306 e. The Balaban J connectivity index is 4.42. The van der Waals surface area contributed by atoms with Crippen LogP contribution in [0.1, 0.15) is 271 Å². The maximum absolute atomic E-state index is 12.8. The number of rotatable bonds is 49. The Bertz CT molecular complexity index is 1170. The van der Waals surface area contributed by atoms with Gasteiger partial charge in [0.05, 0.1) is 0 Å². The van der Waals surface area contributed by atoms with Crippen molar-refractivity contribution in [3.8, 4) is 0 Å². The predicted molar refractivity (Wildman–Crippen MR) is 275 cm³/mol. The van der Waals surface area contributed by atoms with E-state index in [4.69, 9.17) is 14.2 Å². The Hall–Kier alpha value is -2.89. The van der Waals surface area contributed by atoms with Gasteiger partial charge in [0, 0.05) is 19.3 Å². The van der Waals surface area contributed by atoms with Crippen molar-refractivity contribution < 1.29 is 28.6 Å². The number of hydrogen-bond acceptors (Lipinski definition) is 6. The second-order valence-corrected chi connectivity index (χ2v) is 18.1. The molecule has 1 unspecified atom stereocenters. The van der Waals surface area contributed by atoms with E-state index in [1.165, 1.54) is 141 Å². The van der Waals surface area contributed by atoms with Crippen LogP contribution in [0.4, 0.5) is 0 Å². The van der Waals surface area contributed by atoms with Gasteiger partial charge in [-0.3, -0.25) is 14.4 Å². The zero-order chi connectivity index (χ0) is 46.5. The van der Waals surface area contributed by atoms with Crippen LogP contribution in [0.5, 0.6) is 0 Å². The molecule has 1 atom stereocenters. The lowest BCUT2D eigenvalue weighted by molar-refractivity contribution is -0.167. The molecule has 0 aromatic rings. The van der Waals surface area contributed by atoms with Gasteiger partial charge in [0.25, 0.3) is 0 Å². The number of hydrogen-bond donors (Lipinski definition) is 0. The van der Waals surface area contributed by atoms with Crippen LogP contribution in [0.3, 0.4) is 0 Å². The molecule has 6 nitrogen and oxygen atoms in total. The number of esters is 3. The highest BCUT2D eigenvalue weighted by Crippen LogP contribution is 2.16. The minimum absolute atomic E-state index is 0.0912. The van der Waals surface area contributed by atoms with Crippen LogP contribution >= 0.6 is 0 Å². The lowest BCUT2D eigenvalue weighted by Crippen LogP contribution is -2.30. The molecule has 0 bridgehead atoms. The molecule has 0 spiro atoms. The van der Waals surface area contributed by atoms with Crippen LogP contribution in [0.15, 0.2) is 60.8 Å². The zero-order valence-electron chi connectivity index (χ0n) is 42.3. The normalized spacial score (nSPS) is 12.5. The van der Waals surface area contributed by atoms with E-state index in [1.807, 2.05) is 0 Å². The third-order valence-corrected chi connectivity index (χ3v) is 11.8. The number of carbonyl (C=O) groups is 3. The van der Waals surface area contributed by atoms with E-state index in [2.05, 4.69) is 81.5 Å².